The lowest BCUT2D eigenvalue weighted by Gasteiger charge is -2.20. The number of aromatic nitrogens is 2. The minimum atomic E-state index is -3.92. The van der Waals surface area contributed by atoms with E-state index in [-0.39, 0.29) is 16.7 Å². The summed E-state index contributed by atoms with van der Waals surface area (Å²) in [6, 6.07) is 9.55. The van der Waals surface area contributed by atoms with Crippen LogP contribution in [0.4, 0.5) is 5.69 Å². The van der Waals surface area contributed by atoms with Crippen molar-refractivity contribution in [3.05, 3.63) is 42.3 Å². The highest BCUT2D eigenvalue weighted by molar-refractivity contribution is 7.92. The first kappa shape index (κ1) is 16.6. The maximum atomic E-state index is 12.6. The van der Waals surface area contributed by atoms with Gasteiger partial charge in [0.1, 0.15) is 5.75 Å². The van der Waals surface area contributed by atoms with Gasteiger partial charge in [0, 0.05) is 5.92 Å². The van der Waals surface area contributed by atoms with Crippen LogP contribution in [-0.4, -0.2) is 25.7 Å². The number of sulfonamides is 1. The Morgan fingerprint density at radius 3 is 2.65 bits per heavy atom. The van der Waals surface area contributed by atoms with Crippen LogP contribution in [0.15, 0.2) is 50.3 Å². The van der Waals surface area contributed by atoms with Crippen molar-refractivity contribution in [3.8, 4) is 17.4 Å². The van der Waals surface area contributed by atoms with Gasteiger partial charge in [-0.3, -0.25) is 4.72 Å². The molecule has 1 aliphatic carbocycles. The first-order valence-electron chi connectivity index (χ1n) is 8.16. The predicted octanol–water partition coefficient (Wildman–Crippen LogP) is 3.41. The number of benzene rings is 1. The van der Waals surface area contributed by atoms with Gasteiger partial charge in [0.05, 0.1) is 12.8 Å². The molecule has 0 unspecified atom stereocenters. The lowest BCUT2D eigenvalue weighted by molar-refractivity contribution is 0.334. The van der Waals surface area contributed by atoms with Crippen LogP contribution in [0.1, 0.15) is 31.1 Å². The van der Waals surface area contributed by atoms with E-state index in [1.54, 1.807) is 24.3 Å². The lowest BCUT2D eigenvalue weighted by Crippen LogP contribution is -2.12. The van der Waals surface area contributed by atoms with E-state index in [0.29, 0.717) is 23.2 Å². The summed E-state index contributed by atoms with van der Waals surface area (Å²) < 4.78 is 43.8. The van der Waals surface area contributed by atoms with E-state index < -0.39 is 10.0 Å². The number of anilines is 1. The van der Waals surface area contributed by atoms with Gasteiger partial charge < -0.3 is 13.6 Å². The van der Waals surface area contributed by atoms with Gasteiger partial charge in [-0.1, -0.05) is 18.6 Å². The van der Waals surface area contributed by atoms with E-state index in [1.807, 2.05) is 0 Å². The summed E-state index contributed by atoms with van der Waals surface area (Å²) >= 11 is 0. The Morgan fingerprint density at radius 2 is 1.92 bits per heavy atom. The molecule has 2 heterocycles. The molecule has 4 rings (SSSR count). The quantitative estimate of drug-likeness (QED) is 0.703. The molecule has 0 radical (unpaired) electrons. The van der Waals surface area contributed by atoms with Gasteiger partial charge in [0.2, 0.25) is 11.0 Å². The number of nitrogens with zero attached hydrogens (tertiary/aromatic N) is 2. The number of para-hydroxylation sites is 2. The third-order valence-electron chi connectivity index (χ3n) is 4.30. The van der Waals surface area contributed by atoms with E-state index in [0.717, 1.165) is 19.3 Å². The molecule has 0 bridgehead atoms. The second-order valence-corrected chi connectivity index (χ2v) is 7.61. The molecule has 0 amide bonds. The number of hydrogen-bond acceptors (Lipinski definition) is 7. The van der Waals surface area contributed by atoms with Crippen molar-refractivity contribution in [2.75, 3.05) is 11.8 Å². The molecule has 0 saturated heterocycles. The standard InChI is InChI=1S/C17H17N3O5S/c1-23-13-8-3-2-7-12(13)20-26(21,22)15-10-9-14(24-15)17-19-18-16(25-17)11-5-4-6-11/h2-3,7-11,20H,4-6H2,1H3. The van der Waals surface area contributed by atoms with Crippen molar-refractivity contribution in [3.63, 3.8) is 0 Å². The Labute approximate surface area is 150 Å². The Morgan fingerprint density at radius 1 is 1.12 bits per heavy atom. The van der Waals surface area contributed by atoms with Crippen LogP contribution in [0.25, 0.3) is 11.7 Å². The maximum absolute atomic E-state index is 12.6. The predicted molar refractivity (Wildman–Crippen MR) is 92.4 cm³/mol. The molecule has 1 aliphatic rings. The molecule has 136 valence electrons. The van der Waals surface area contributed by atoms with Gasteiger partial charge in [-0.25, -0.2) is 0 Å². The summed E-state index contributed by atoms with van der Waals surface area (Å²) in [5.74, 6) is 1.65. The molecule has 3 aromatic rings. The van der Waals surface area contributed by atoms with Crippen molar-refractivity contribution in [2.24, 2.45) is 0 Å². The van der Waals surface area contributed by atoms with Crippen LogP contribution in [0.5, 0.6) is 5.75 Å². The van der Waals surface area contributed by atoms with E-state index in [9.17, 15) is 8.42 Å². The maximum Gasteiger partial charge on any atom is 0.295 e. The highest BCUT2D eigenvalue weighted by atomic mass is 32.2. The lowest BCUT2D eigenvalue weighted by atomic mass is 9.85. The second kappa shape index (κ2) is 6.49. The van der Waals surface area contributed by atoms with Crippen molar-refractivity contribution >= 4 is 15.7 Å². The molecule has 1 aromatic carbocycles. The van der Waals surface area contributed by atoms with E-state index >= 15 is 0 Å². The summed E-state index contributed by atoms with van der Waals surface area (Å²) in [6.45, 7) is 0. The van der Waals surface area contributed by atoms with Gasteiger partial charge >= 0.3 is 0 Å². The van der Waals surface area contributed by atoms with Gasteiger partial charge in [-0.15, -0.1) is 10.2 Å². The fraction of sp³-hybridized carbons (Fsp3) is 0.294. The monoisotopic (exact) mass is 375 g/mol. The minimum absolute atomic E-state index is 0.172. The summed E-state index contributed by atoms with van der Waals surface area (Å²) in [5, 5.41) is 7.72. The van der Waals surface area contributed by atoms with Crippen LogP contribution < -0.4 is 9.46 Å². The van der Waals surface area contributed by atoms with Crippen LogP contribution in [0.3, 0.4) is 0 Å². The molecule has 0 atom stereocenters. The zero-order valence-corrected chi connectivity index (χ0v) is 14.8. The molecular formula is C17H17N3O5S. The first-order valence-corrected chi connectivity index (χ1v) is 9.64. The number of nitrogens with one attached hydrogen (secondary N) is 1. The summed E-state index contributed by atoms with van der Waals surface area (Å²) in [6.07, 6.45) is 3.21. The molecule has 26 heavy (non-hydrogen) atoms. The Balaban J connectivity index is 1.57. The zero-order valence-electron chi connectivity index (χ0n) is 14.0. The topological polar surface area (TPSA) is 107 Å². The van der Waals surface area contributed by atoms with Crippen molar-refractivity contribution in [1.82, 2.24) is 10.2 Å². The van der Waals surface area contributed by atoms with Crippen LogP contribution in [-0.2, 0) is 10.0 Å². The van der Waals surface area contributed by atoms with Crippen molar-refractivity contribution in [2.45, 2.75) is 30.3 Å². The summed E-state index contributed by atoms with van der Waals surface area (Å²) in [5.41, 5.74) is 0.318. The molecule has 0 aliphatic heterocycles. The number of methoxy groups -OCH3 is 1. The number of ether oxygens (including phenoxy) is 1. The van der Waals surface area contributed by atoms with Gasteiger partial charge in [0.25, 0.3) is 15.9 Å². The van der Waals surface area contributed by atoms with Crippen LogP contribution >= 0.6 is 0 Å². The third kappa shape index (κ3) is 3.05. The molecule has 1 N–H and O–H groups in total. The highest BCUT2D eigenvalue weighted by Gasteiger charge is 2.27. The molecular weight excluding hydrogens is 358 g/mol. The van der Waals surface area contributed by atoms with Gasteiger partial charge in [0.15, 0.2) is 5.76 Å². The number of furan rings is 1. The fourth-order valence-corrected chi connectivity index (χ4v) is 3.66. The Hall–Kier alpha value is -2.81. The fourth-order valence-electron chi connectivity index (χ4n) is 2.66. The summed E-state index contributed by atoms with van der Waals surface area (Å²) in [4.78, 5) is 0. The largest absolute Gasteiger partial charge is 0.495 e. The zero-order chi connectivity index (χ0) is 18.1. The van der Waals surface area contributed by atoms with Crippen LogP contribution in [0, 0.1) is 0 Å². The summed E-state index contributed by atoms with van der Waals surface area (Å²) in [7, 11) is -2.46. The average molecular weight is 375 g/mol. The van der Waals surface area contributed by atoms with E-state index in [1.165, 1.54) is 19.2 Å². The molecule has 9 heteroatoms. The third-order valence-corrected chi connectivity index (χ3v) is 5.54. The molecule has 8 nitrogen and oxygen atoms in total. The molecule has 1 fully saturated rings. The van der Waals surface area contributed by atoms with Gasteiger partial charge in [-0.2, -0.15) is 8.42 Å². The number of rotatable bonds is 6. The highest BCUT2D eigenvalue weighted by Crippen LogP contribution is 2.37. The van der Waals surface area contributed by atoms with Crippen molar-refractivity contribution in [1.29, 1.82) is 0 Å². The first-order chi connectivity index (χ1) is 12.6. The van der Waals surface area contributed by atoms with Gasteiger partial charge in [-0.05, 0) is 37.1 Å². The molecule has 0 spiro atoms. The van der Waals surface area contributed by atoms with E-state index in [4.69, 9.17) is 13.6 Å². The van der Waals surface area contributed by atoms with E-state index in [2.05, 4.69) is 14.9 Å². The second-order valence-electron chi connectivity index (χ2n) is 6.00. The van der Waals surface area contributed by atoms with Crippen molar-refractivity contribution < 1.29 is 22.0 Å². The molecule has 1 saturated carbocycles. The average Bonchev–Trinajstić information content (AvgIpc) is 3.23. The Bertz CT molecular complexity index is 1020. The van der Waals surface area contributed by atoms with Crippen LogP contribution in [0.2, 0.25) is 0 Å². The SMILES string of the molecule is COc1ccccc1NS(=O)(=O)c1ccc(-c2nnc(C3CCC3)o2)o1. The minimum Gasteiger partial charge on any atom is -0.495 e. The molecule has 2 aromatic heterocycles. The smallest absolute Gasteiger partial charge is 0.295 e. The Kier molecular flexibility index (Phi) is 4.15. The number of hydrogen-bond donors (Lipinski definition) is 1. The normalized spacial score (nSPS) is 14.8.